The first-order valence-electron chi connectivity index (χ1n) is 7.72. The first-order valence-corrected chi connectivity index (χ1v) is 8.51. The molecule has 1 fully saturated rings. The van der Waals surface area contributed by atoms with Gasteiger partial charge in [-0.15, -0.1) is 0 Å². The van der Waals surface area contributed by atoms with Crippen molar-refractivity contribution in [2.75, 3.05) is 24.5 Å². The number of hydrogen-bond donors (Lipinski definition) is 2. The van der Waals surface area contributed by atoms with Gasteiger partial charge in [0.2, 0.25) is 0 Å². The molecule has 1 saturated heterocycles. The summed E-state index contributed by atoms with van der Waals surface area (Å²) >= 11 is 3.51. The number of rotatable bonds is 5. The Hall–Kier alpha value is -1.79. The van der Waals surface area contributed by atoms with Crippen molar-refractivity contribution >= 4 is 27.5 Å². The molecule has 1 aromatic carbocycles. The molecule has 1 unspecified atom stereocenters. The smallest absolute Gasteiger partial charge is 0.254 e. The van der Waals surface area contributed by atoms with Gasteiger partial charge in [0, 0.05) is 29.8 Å². The number of anilines is 1. The van der Waals surface area contributed by atoms with Crippen LogP contribution < -0.4 is 16.0 Å². The Labute approximate surface area is 144 Å². The van der Waals surface area contributed by atoms with Crippen molar-refractivity contribution < 1.29 is 9.21 Å². The number of carbonyl (C=O) groups is 1. The third kappa shape index (κ3) is 3.95. The lowest BCUT2D eigenvalue weighted by Gasteiger charge is -2.19. The fraction of sp³-hybridized carbons (Fsp3) is 0.353. The number of nitrogens with two attached hydrogens (primary N) is 1. The van der Waals surface area contributed by atoms with Gasteiger partial charge < -0.3 is 20.4 Å². The molecule has 1 aliphatic rings. The highest BCUT2D eigenvalue weighted by Gasteiger charge is 2.23. The zero-order valence-corrected chi connectivity index (χ0v) is 14.4. The molecule has 1 aliphatic heterocycles. The van der Waals surface area contributed by atoms with E-state index in [0.717, 1.165) is 24.0 Å². The lowest BCUT2D eigenvalue weighted by molar-refractivity contribution is 0.0947. The van der Waals surface area contributed by atoms with Gasteiger partial charge in [0.15, 0.2) is 0 Å². The molecule has 6 heteroatoms. The molecule has 1 amide bonds. The highest BCUT2D eigenvalue weighted by molar-refractivity contribution is 9.10. The molecule has 2 aromatic rings. The molecule has 3 N–H and O–H groups in total. The molecule has 1 aromatic heterocycles. The summed E-state index contributed by atoms with van der Waals surface area (Å²) in [5.41, 5.74) is 7.24. The lowest BCUT2D eigenvalue weighted by Crippen LogP contribution is -2.30. The number of hydrogen-bond acceptors (Lipinski definition) is 4. The quantitative estimate of drug-likeness (QED) is 0.840. The molecule has 0 aliphatic carbocycles. The Morgan fingerprint density at radius 2 is 2.30 bits per heavy atom. The van der Waals surface area contributed by atoms with Gasteiger partial charge >= 0.3 is 0 Å². The summed E-state index contributed by atoms with van der Waals surface area (Å²) < 4.78 is 6.28. The van der Waals surface area contributed by atoms with E-state index in [0.29, 0.717) is 30.3 Å². The van der Waals surface area contributed by atoms with Gasteiger partial charge in [0.1, 0.15) is 12.0 Å². The minimum atomic E-state index is -0.102. The van der Waals surface area contributed by atoms with Crippen molar-refractivity contribution in [3.8, 4) is 0 Å². The zero-order valence-electron chi connectivity index (χ0n) is 12.8. The summed E-state index contributed by atoms with van der Waals surface area (Å²) in [4.78, 5) is 14.4. The average Bonchev–Trinajstić information content (AvgIpc) is 3.22. The molecule has 1 atom stereocenters. The van der Waals surface area contributed by atoms with Crippen molar-refractivity contribution in [3.05, 3.63) is 52.4 Å². The largest absolute Gasteiger partial charge is 0.467 e. The van der Waals surface area contributed by atoms with E-state index >= 15 is 0 Å². The molecule has 23 heavy (non-hydrogen) atoms. The average molecular weight is 378 g/mol. The lowest BCUT2D eigenvalue weighted by atomic mass is 10.1. The van der Waals surface area contributed by atoms with Gasteiger partial charge in [-0.3, -0.25) is 4.79 Å². The number of halogens is 1. The van der Waals surface area contributed by atoms with Crippen molar-refractivity contribution in [1.82, 2.24) is 5.32 Å². The van der Waals surface area contributed by atoms with Crippen LogP contribution in [0.5, 0.6) is 0 Å². The molecule has 122 valence electrons. The highest BCUT2D eigenvalue weighted by Crippen LogP contribution is 2.26. The number of benzene rings is 1. The molecule has 0 saturated carbocycles. The van der Waals surface area contributed by atoms with Crippen molar-refractivity contribution in [1.29, 1.82) is 0 Å². The Balaban J connectivity index is 1.51. The summed E-state index contributed by atoms with van der Waals surface area (Å²) in [6, 6.07) is 10.0. The summed E-state index contributed by atoms with van der Waals surface area (Å²) in [6.45, 7) is 2.94. The summed E-state index contributed by atoms with van der Waals surface area (Å²) in [5.74, 6) is 0.977. The number of amides is 1. The molecule has 3 rings (SSSR count). The van der Waals surface area contributed by atoms with Gasteiger partial charge in [-0.2, -0.15) is 0 Å². The van der Waals surface area contributed by atoms with Crippen LogP contribution >= 0.6 is 15.9 Å². The third-order valence-electron chi connectivity index (χ3n) is 4.13. The summed E-state index contributed by atoms with van der Waals surface area (Å²) in [5, 5.41) is 2.99. The molecular weight excluding hydrogens is 358 g/mol. The minimum absolute atomic E-state index is 0.102. The van der Waals surface area contributed by atoms with E-state index < -0.39 is 0 Å². The molecule has 5 nitrogen and oxygen atoms in total. The van der Waals surface area contributed by atoms with Crippen LogP contribution in [0.1, 0.15) is 22.5 Å². The highest BCUT2D eigenvalue weighted by atomic mass is 79.9. The number of nitrogens with zero attached hydrogens (tertiary/aromatic N) is 1. The second-order valence-electron chi connectivity index (χ2n) is 5.80. The van der Waals surface area contributed by atoms with E-state index in [1.54, 1.807) is 6.07 Å². The number of nitrogens with one attached hydrogen (secondary N) is 1. The van der Waals surface area contributed by atoms with Crippen molar-refractivity contribution in [3.63, 3.8) is 0 Å². The Morgan fingerprint density at radius 3 is 3.04 bits per heavy atom. The van der Waals surface area contributed by atoms with Crippen molar-refractivity contribution in [2.45, 2.75) is 13.0 Å². The predicted octanol–water partition coefficient (Wildman–Crippen LogP) is 2.76. The van der Waals surface area contributed by atoms with E-state index in [1.165, 1.54) is 12.0 Å². The molecule has 0 spiro atoms. The van der Waals surface area contributed by atoms with E-state index in [9.17, 15) is 4.79 Å². The second-order valence-corrected chi connectivity index (χ2v) is 6.71. The van der Waals surface area contributed by atoms with Crippen LogP contribution in [0.15, 0.2) is 45.5 Å². The second kappa shape index (κ2) is 7.19. The SMILES string of the molecule is NCc1cc(C(=O)NCC2CCN(c3cccc(Br)c3)C2)co1. The maximum absolute atomic E-state index is 12.1. The van der Waals surface area contributed by atoms with Crippen LogP contribution in [0.4, 0.5) is 5.69 Å². The molecule has 2 heterocycles. The van der Waals surface area contributed by atoms with E-state index in [2.05, 4.69) is 38.3 Å². The van der Waals surface area contributed by atoms with Crippen LogP contribution in [-0.2, 0) is 6.54 Å². The fourth-order valence-electron chi connectivity index (χ4n) is 2.85. The Morgan fingerprint density at radius 1 is 1.43 bits per heavy atom. The number of carbonyl (C=O) groups excluding carboxylic acids is 1. The van der Waals surface area contributed by atoms with Crippen molar-refractivity contribution in [2.24, 2.45) is 11.7 Å². The summed E-state index contributed by atoms with van der Waals surface area (Å²) in [7, 11) is 0. The normalized spacial score (nSPS) is 17.5. The Bertz CT molecular complexity index is 686. The maximum Gasteiger partial charge on any atom is 0.254 e. The van der Waals surface area contributed by atoms with E-state index in [1.807, 2.05) is 12.1 Å². The monoisotopic (exact) mass is 377 g/mol. The first-order chi connectivity index (χ1) is 11.2. The van der Waals surface area contributed by atoms with Gasteiger partial charge in [0.05, 0.1) is 12.1 Å². The van der Waals surface area contributed by atoms with Crippen LogP contribution in [0.2, 0.25) is 0 Å². The fourth-order valence-corrected chi connectivity index (χ4v) is 3.24. The van der Waals surface area contributed by atoms with E-state index in [-0.39, 0.29) is 5.91 Å². The van der Waals surface area contributed by atoms with Crippen LogP contribution in [0, 0.1) is 5.92 Å². The van der Waals surface area contributed by atoms with E-state index in [4.69, 9.17) is 10.2 Å². The predicted molar refractivity (Wildman–Crippen MR) is 93.4 cm³/mol. The Kier molecular flexibility index (Phi) is 5.03. The van der Waals surface area contributed by atoms with Crippen LogP contribution in [0.3, 0.4) is 0 Å². The first kappa shape index (κ1) is 16.1. The van der Waals surface area contributed by atoms with Gasteiger partial charge in [-0.25, -0.2) is 0 Å². The van der Waals surface area contributed by atoms with Gasteiger partial charge in [0.25, 0.3) is 5.91 Å². The van der Waals surface area contributed by atoms with Crippen LogP contribution in [0.25, 0.3) is 0 Å². The number of furan rings is 1. The zero-order chi connectivity index (χ0) is 16.2. The minimum Gasteiger partial charge on any atom is -0.467 e. The molecular formula is C17H20BrN3O2. The third-order valence-corrected chi connectivity index (χ3v) is 4.62. The molecule has 0 bridgehead atoms. The van der Waals surface area contributed by atoms with Crippen LogP contribution in [-0.4, -0.2) is 25.5 Å². The van der Waals surface area contributed by atoms with Gasteiger partial charge in [-0.05, 0) is 36.6 Å². The topological polar surface area (TPSA) is 71.5 Å². The maximum atomic E-state index is 12.1. The standard InChI is InChI=1S/C17H20BrN3O2/c18-14-2-1-3-15(7-14)21-5-4-12(10-21)9-20-17(22)13-6-16(8-19)23-11-13/h1-3,6-7,11-12H,4-5,8-10,19H2,(H,20,22). The summed E-state index contributed by atoms with van der Waals surface area (Å²) in [6.07, 6.45) is 2.53. The molecule has 0 radical (unpaired) electrons. The van der Waals surface area contributed by atoms with Gasteiger partial charge in [-0.1, -0.05) is 22.0 Å².